The lowest BCUT2D eigenvalue weighted by molar-refractivity contribution is -0.247. The second-order valence-electron chi connectivity index (χ2n) is 6.32. The average molecular weight is 374 g/mol. The van der Waals surface area contributed by atoms with Crippen LogP contribution >= 0.6 is 0 Å². The van der Waals surface area contributed by atoms with Gasteiger partial charge in [-0.2, -0.15) is 0 Å². The third-order valence-electron chi connectivity index (χ3n) is 4.43. The molecule has 7 heteroatoms. The van der Waals surface area contributed by atoms with Crippen LogP contribution in [-0.4, -0.2) is 52.0 Å². The van der Waals surface area contributed by atoms with E-state index in [1.165, 1.54) is 0 Å². The summed E-state index contributed by atoms with van der Waals surface area (Å²) in [6, 6.07) is 18.4. The zero-order valence-electron chi connectivity index (χ0n) is 14.6. The van der Waals surface area contributed by atoms with E-state index in [0.717, 1.165) is 11.1 Å². The van der Waals surface area contributed by atoms with Crippen LogP contribution in [0.3, 0.4) is 0 Å². The molecule has 3 rings (SSSR count). The number of benzene rings is 2. The summed E-state index contributed by atoms with van der Waals surface area (Å²) in [5.74, 6) is -4.20. The highest BCUT2D eigenvalue weighted by molar-refractivity contribution is 5.77. The van der Waals surface area contributed by atoms with Gasteiger partial charge >= 0.3 is 5.97 Å². The zero-order chi connectivity index (χ0) is 19.3. The fraction of sp³-hybridized carbons (Fsp3) is 0.350. The van der Waals surface area contributed by atoms with Crippen LogP contribution in [0.25, 0.3) is 0 Å². The molecule has 0 aromatic heterocycles. The molecule has 0 amide bonds. The van der Waals surface area contributed by atoms with Gasteiger partial charge in [0, 0.05) is 0 Å². The first-order valence-electron chi connectivity index (χ1n) is 8.60. The van der Waals surface area contributed by atoms with Gasteiger partial charge in [0.25, 0.3) is 5.79 Å². The number of aliphatic carboxylic acids is 1. The Labute approximate surface area is 156 Å². The zero-order valence-corrected chi connectivity index (χ0v) is 14.6. The van der Waals surface area contributed by atoms with Crippen molar-refractivity contribution in [2.45, 2.75) is 37.3 Å². The van der Waals surface area contributed by atoms with Gasteiger partial charge in [0.1, 0.15) is 12.2 Å². The predicted molar refractivity (Wildman–Crippen MR) is 94.6 cm³/mol. The number of hydrogen-bond donors (Lipinski definition) is 3. The molecule has 0 radical (unpaired) electrons. The molecule has 0 spiro atoms. The third-order valence-corrected chi connectivity index (χ3v) is 4.43. The van der Waals surface area contributed by atoms with E-state index in [4.69, 9.17) is 14.2 Å². The maximum Gasteiger partial charge on any atom is 0.367 e. The number of rotatable bonds is 8. The van der Waals surface area contributed by atoms with Crippen LogP contribution < -0.4 is 0 Å². The number of carboxylic acids is 1. The lowest BCUT2D eigenvalue weighted by Crippen LogP contribution is -2.51. The molecule has 2 aromatic rings. The fourth-order valence-electron chi connectivity index (χ4n) is 3.03. The van der Waals surface area contributed by atoms with Crippen molar-refractivity contribution in [1.82, 2.24) is 0 Å². The summed E-state index contributed by atoms with van der Waals surface area (Å²) >= 11 is 0. The minimum Gasteiger partial charge on any atom is -0.477 e. The van der Waals surface area contributed by atoms with E-state index < -0.39 is 36.7 Å². The van der Waals surface area contributed by atoms with Crippen LogP contribution in [-0.2, 0) is 32.2 Å². The van der Waals surface area contributed by atoms with E-state index in [9.17, 15) is 20.1 Å². The maximum absolute atomic E-state index is 11.6. The Morgan fingerprint density at radius 2 is 1.48 bits per heavy atom. The van der Waals surface area contributed by atoms with Gasteiger partial charge in [-0.25, -0.2) is 4.79 Å². The van der Waals surface area contributed by atoms with E-state index in [2.05, 4.69) is 0 Å². The molecule has 1 saturated heterocycles. The van der Waals surface area contributed by atoms with Crippen molar-refractivity contribution in [2.75, 3.05) is 6.61 Å². The Bertz CT molecular complexity index is 737. The van der Waals surface area contributed by atoms with Crippen LogP contribution in [0.4, 0.5) is 0 Å². The van der Waals surface area contributed by atoms with Crippen molar-refractivity contribution in [3.8, 4) is 0 Å². The SMILES string of the molecule is O=C(O)C1(O)O[C@H](CO)[C@@H](OCc2ccccc2)[C@@H]1OCc1ccccc1. The van der Waals surface area contributed by atoms with E-state index in [1.54, 1.807) is 0 Å². The molecule has 1 heterocycles. The summed E-state index contributed by atoms with van der Waals surface area (Å²) in [7, 11) is 0. The molecule has 2 aromatic carbocycles. The summed E-state index contributed by atoms with van der Waals surface area (Å²) in [4.78, 5) is 11.6. The molecule has 1 unspecified atom stereocenters. The van der Waals surface area contributed by atoms with Crippen molar-refractivity contribution in [2.24, 2.45) is 0 Å². The van der Waals surface area contributed by atoms with Gasteiger partial charge < -0.3 is 29.5 Å². The van der Waals surface area contributed by atoms with Crippen LogP contribution in [0.5, 0.6) is 0 Å². The lowest BCUT2D eigenvalue weighted by atomic mass is 10.0. The second-order valence-corrected chi connectivity index (χ2v) is 6.32. The molecule has 7 nitrogen and oxygen atoms in total. The molecular weight excluding hydrogens is 352 g/mol. The van der Waals surface area contributed by atoms with Gasteiger partial charge in [-0.1, -0.05) is 60.7 Å². The smallest absolute Gasteiger partial charge is 0.367 e. The molecule has 1 aliphatic rings. The maximum atomic E-state index is 11.6. The Morgan fingerprint density at radius 3 is 1.96 bits per heavy atom. The van der Waals surface area contributed by atoms with E-state index in [0.29, 0.717) is 0 Å². The Balaban J connectivity index is 1.78. The van der Waals surface area contributed by atoms with Gasteiger partial charge in [-0.3, -0.25) is 0 Å². The first-order chi connectivity index (χ1) is 13.0. The predicted octanol–water partition coefficient (Wildman–Crippen LogP) is 1.32. The molecule has 0 saturated carbocycles. The average Bonchev–Trinajstić information content (AvgIpc) is 2.98. The molecule has 0 bridgehead atoms. The fourth-order valence-corrected chi connectivity index (χ4v) is 3.03. The van der Waals surface area contributed by atoms with Crippen molar-refractivity contribution in [1.29, 1.82) is 0 Å². The number of hydrogen-bond acceptors (Lipinski definition) is 6. The number of aliphatic hydroxyl groups excluding tert-OH is 1. The van der Waals surface area contributed by atoms with Gasteiger partial charge in [-0.05, 0) is 11.1 Å². The Morgan fingerprint density at radius 1 is 0.963 bits per heavy atom. The van der Waals surface area contributed by atoms with E-state index in [-0.39, 0.29) is 13.2 Å². The van der Waals surface area contributed by atoms with Gasteiger partial charge in [-0.15, -0.1) is 0 Å². The highest BCUT2D eigenvalue weighted by atomic mass is 16.7. The molecule has 144 valence electrons. The normalized spacial score (nSPS) is 27.6. The lowest BCUT2D eigenvalue weighted by Gasteiger charge is -2.27. The van der Waals surface area contributed by atoms with Crippen LogP contribution in [0.15, 0.2) is 60.7 Å². The highest BCUT2D eigenvalue weighted by Gasteiger charge is 2.61. The largest absolute Gasteiger partial charge is 0.477 e. The topological polar surface area (TPSA) is 105 Å². The molecule has 3 N–H and O–H groups in total. The monoisotopic (exact) mass is 374 g/mol. The molecule has 0 aliphatic carbocycles. The minimum atomic E-state index is -2.61. The van der Waals surface area contributed by atoms with E-state index in [1.807, 2.05) is 60.7 Å². The quantitative estimate of drug-likeness (QED) is 0.640. The van der Waals surface area contributed by atoms with Gasteiger partial charge in [0.05, 0.1) is 19.8 Å². The molecule has 4 atom stereocenters. The summed E-state index contributed by atoms with van der Waals surface area (Å²) in [6.07, 6.45) is -3.30. The number of ether oxygens (including phenoxy) is 3. The number of carboxylic acid groups (broad SMARTS) is 1. The Kier molecular flexibility index (Phi) is 6.20. The minimum absolute atomic E-state index is 0.0633. The van der Waals surface area contributed by atoms with Crippen LogP contribution in [0.1, 0.15) is 11.1 Å². The molecule has 1 aliphatic heterocycles. The van der Waals surface area contributed by atoms with Gasteiger partial charge in [0.15, 0.2) is 6.10 Å². The summed E-state index contributed by atoms with van der Waals surface area (Å²) in [5.41, 5.74) is 1.67. The summed E-state index contributed by atoms with van der Waals surface area (Å²) in [6.45, 7) is -0.291. The van der Waals surface area contributed by atoms with Crippen LogP contribution in [0, 0.1) is 0 Å². The summed E-state index contributed by atoms with van der Waals surface area (Å²) in [5, 5.41) is 29.6. The highest BCUT2D eigenvalue weighted by Crippen LogP contribution is 2.35. The van der Waals surface area contributed by atoms with Crippen LogP contribution in [0.2, 0.25) is 0 Å². The molecular formula is C20H22O7. The first kappa shape index (κ1) is 19.5. The first-order valence-corrected chi connectivity index (χ1v) is 8.60. The van der Waals surface area contributed by atoms with Gasteiger partial charge in [0.2, 0.25) is 0 Å². The van der Waals surface area contributed by atoms with E-state index >= 15 is 0 Å². The van der Waals surface area contributed by atoms with Crippen molar-refractivity contribution >= 4 is 5.97 Å². The molecule has 1 fully saturated rings. The standard InChI is InChI=1S/C20H22O7/c21-11-16-17(25-12-14-7-3-1-4-8-14)18(20(24,27-16)19(22)23)26-13-15-9-5-2-6-10-15/h1-10,16-18,21,24H,11-13H2,(H,22,23)/t16-,17-,18+,20?/m1/s1. The van der Waals surface area contributed by atoms with Crippen molar-refractivity contribution in [3.05, 3.63) is 71.8 Å². The number of carbonyl (C=O) groups is 1. The summed E-state index contributed by atoms with van der Waals surface area (Å²) < 4.78 is 16.7. The van der Waals surface area contributed by atoms with Crippen molar-refractivity contribution < 1.29 is 34.3 Å². The number of aliphatic hydroxyl groups is 2. The Hall–Kier alpha value is -2.29. The molecule has 27 heavy (non-hydrogen) atoms. The third kappa shape index (κ3) is 4.35. The second kappa shape index (κ2) is 8.60. The van der Waals surface area contributed by atoms with Crippen molar-refractivity contribution in [3.63, 3.8) is 0 Å².